The molecular formula is C15H24N4O2. The molecule has 0 aliphatic carbocycles. The van der Waals surface area contributed by atoms with Crippen LogP contribution < -0.4 is 21.3 Å². The molecule has 0 unspecified atom stereocenters. The molecule has 0 fully saturated rings. The molecule has 6 nitrogen and oxygen atoms in total. The van der Waals surface area contributed by atoms with Crippen LogP contribution in [0.25, 0.3) is 0 Å². The zero-order valence-corrected chi connectivity index (χ0v) is 13.2. The minimum Gasteiger partial charge on any atom is -0.336 e. The van der Waals surface area contributed by atoms with Gasteiger partial charge in [0.1, 0.15) is 0 Å². The molecule has 0 bridgehead atoms. The van der Waals surface area contributed by atoms with E-state index < -0.39 is 0 Å². The first kappa shape index (κ1) is 16.8. The van der Waals surface area contributed by atoms with Crippen LogP contribution in [-0.4, -0.2) is 23.6 Å². The molecule has 4 N–H and O–H groups in total. The van der Waals surface area contributed by atoms with Crippen LogP contribution in [0.15, 0.2) is 24.3 Å². The first-order chi connectivity index (χ1) is 9.65. The molecule has 0 atom stereocenters. The molecule has 21 heavy (non-hydrogen) atoms. The van der Waals surface area contributed by atoms with Crippen LogP contribution in [0.1, 0.15) is 34.6 Å². The normalized spacial score (nSPS) is 11.0. The molecule has 0 aliphatic heterocycles. The van der Waals surface area contributed by atoms with Crippen LogP contribution in [0.4, 0.5) is 21.0 Å². The van der Waals surface area contributed by atoms with Gasteiger partial charge in [-0.3, -0.25) is 0 Å². The number of hydrogen-bond donors (Lipinski definition) is 4. The van der Waals surface area contributed by atoms with Crippen LogP contribution in [0.3, 0.4) is 0 Å². The van der Waals surface area contributed by atoms with Crippen LogP contribution in [0.5, 0.6) is 0 Å². The number of amides is 4. The predicted octanol–water partition coefficient (Wildman–Crippen LogP) is 3.14. The minimum atomic E-state index is -0.291. The maximum Gasteiger partial charge on any atom is 0.319 e. The maximum atomic E-state index is 11.7. The molecule has 0 saturated heterocycles. The van der Waals surface area contributed by atoms with E-state index in [-0.39, 0.29) is 23.6 Å². The second kappa shape index (κ2) is 6.97. The lowest BCUT2D eigenvalue weighted by atomic mass is 10.1. The van der Waals surface area contributed by atoms with Crippen LogP contribution in [-0.2, 0) is 0 Å². The van der Waals surface area contributed by atoms with Gasteiger partial charge in [0.2, 0.25) is 0 Å². The Morgan fingerprint density at radius 3 is 1.71 bits per heavy atom. The summed E-state index contributed by atoms with van der Waals surface area (Å²) in [5, 5.41) is 11.0. The van der Waals surface area contributed by atoms with E-state index in [1.807, 2.05) is 34.6 Å². The Kier molecular flexibility index (Phi) is 5.58. The first-order valence-electron chi connectivity index (χ1n) is 6.92. The van der Waals surface area contributed by atoms with E-state index in [1.54, 1.807) is 24.3 Å². The number of anilines is 2. The van der Waals surface area contributed by atoms with E-state index >= 15 is 0 Å². The quantitative estimate of drug-likeness (QED) is 0.690. The Morgan fingerprint density at radius 1 is 0.905 bits per heavy atom. The topological polar surface area (TPSA) is 82.3 Å². The molecule has 0 radical (unpaired) electrons. The summed E-state index contributed by atoms with van der Waals surface area (Å²) >= 11 is 0. The number of nitrogens with one attached hydrogen (secondary N) is 4. The number of rotatable bonds is 3. The Labute approximate surface area is 125 Å². The van der Waals surface area contributed by atoms with Crippen molar-refractivity contribution in [2.45, 2.75) is 46.2 Å². The van der Waals surface area contributed by atoms with Gasteiger partial charge in [-0.2, -0.15) is 0 Å². The third kappa shape index (κ3) is 7.20. The van der Waals surface area contributed by atoms with Gasteiger partial charge in [0.15, 0.2) is 0 Å². The lowest BCUT2D eigenvalue weighted by Crippen LogP contribution is -2.43. The third-order valence-corrected chi connectivity index (χ3v) is 2.31. The average Bonchev–Trinajstić information content (AvgIpc) is 2.27. The molecular weight excluding hydrogens is 268 g/mol. The third-order valence-electron chi connectivity index (χ3n) is 2.31. The van der Waals surface area contributed by atoms with Crippen LogP contribution >= 0.6 is 0 Å². The summed E-state index contributed by atoms with van der Waals surface area (Å²) in [4.78, 5) is 23.3. The van der Waals surface area contributed by atoms with E-state index in [4.69, 9.17) is 0 Å². The Balaban J connectivity index is 2.54. The van der Waals surface area contributed by atoms with Gasteiger partial charge in [-0.05, 0) is 58.9 Å². The SMILES string of the molecule is CC(C)NC(=O)Nc1ccc(NC(=O)NC(C)(C)C)cc1. The highest BCUT2D eigenvalue weighted by Crippen LogP contribution is 2.13. The highest BCUT2D eigenvalue weighted by Gasteiger charge is 2.13. The molecule has 116 valence electrons. The van der Waals surface area contributed by atoms with E-state index in [0.717, 1.165) is 0 Å². The summed E-state index contributed by atoms with van der Waals surface area (Å²) in [6.07, 6.45) is 0. The predicted molar refractivity (Wildman–Crippen MR) is 85.6 cm³/mol. The van der Waals surface area contributed by atoms with E-state index in [2.05, 4.69) is 21.3 Å². The van der Waals surface area contributed by atoms with Crippen molar-refractivity contribution < 1.29 is 9.59 Å². The zero-order chi connectivity index (χ0) is 16.0. The number of carbonyl (C=O) groups excluding carboxylic acids is 2. The van der Waals surface area contributed by atoms with Crippen molar-refractivity contribution in [2.24, 2.45) is 0 Å². The molecule has 1 rings (SSSR count). The van der Waals surface area contributed by atoms with Gasteiger partial charge in [-0.25, -0.2) is 9.59 Å². The molecule has 0 aromatic heterocycles. The summed E-state index contributed by atoms with van der Waals surface area (Å²) < 4.78 is 0. The van der Waals surface area contributed by atoms with Gasteiger partial charge in [-0.1, -0.05) is 0 Å². The van der Waals surface area contributed by atoms with Crippen molar-refractivity contribution in [3.05, 3.63) is 24.3 Å². The van der Waals surface area contributed by atoms with Crippen molar-refractivity contribution in [1.82, 2.24) is 10.6 Å². The Morgan fingerprint density at radius 2 is 1.33 bits per heavy atom. The van der Waals surface area contributed by atoms with Gasteiger partial charge >= 0.3 is 12.1 Å². The second-order valence-electron chi connectivity index (χ2n) is 6.16. The van der Waals surface area contributed by atoms with Gasteiger partial charge < -0.3 is 21.3 Å². The molecule has 1 aromatic rings. The number of carbonyl (C=O) groups is 2. The summed E-state index contributed by atoms with van der Waals surface area (Å²) in [6.45, 7) is 9.51. The zero-order valence-electron chi connectivity index (χ0n) is 13.2. The number of benzene rings is 1. The number of hydrogen-bond acceptors (Lipinski definition) is 2. The second-order valence-corrected chi connectivity index (χ2v) is 6.16. The van der Waals surface area contributed by atoms with Crippen LogP contribution in [0.2, 0.25) is 0 Å². The van der Waals surface area contributed by atoms with Crippen LogP contribution in [0, 0.1) is 0 Å². The summed E-state index contributed by atoms with van der Waals surface area (Å²) in [5.41, 5.74) is 1.03. The lowest BCUT2D eigenvalue weighted by Gasteiger charge is -2.20. The standard InChI is InChI=1S/C15H24N4O2/c1-10(2)16-13(20)17-11-6-8-12(9-7-11)18-14(21)19-15(3,4)5/h6-10H,1-5H3,(H2,16,17,20)(H2,18,19,21). The molecule has 0 aliphatic rings. The maximum absolute atomic E-state index is 11.7. The van der Waals surface area contributed by atoms with Gasteiger partial charge in [0.05, 0.1) is 0 Å². The fourth-order valence-electron chi connectivity index (χ4n) is 1.57. The molecule has 4 amide bonds. The largest absolute Gasteiger partial charge is 0.336 e. The highest BCUT2D eigenvalue weighted by atomic mass is 16.2. The molecule has 0 spiro atoms. The molecule has 1 aromatic carbocycles. The first-order valence-corrected chi connectivity index (χ1v) is 6.92. The number of urea groups is 2. The van der Waals surface area contributed by atoms with Gasteiger partial charge in [0.25, 0.3) is 0 Å². The monoisotopic (exact) mass is 292 g/mol. The molecule has 0 saturated carbocycles. The van der Waals surface area contributed by atoms with E-state index in [9.17, 15) is 9.59 Å². The van der Waals surface area contributed by atoms with Crippen molar-refractivity contribution in [1.29, 1.82) is 0 Å². The van der Waals surface area contributed by atoms with Gasteiger partial charge in [0, 0.05) is 23.0 Å². The molecule has 0 heterocycles. The van der Waals surface area contributed by atoms with E-state index in [0.29, 0.717) is 11.4 Å². The van der Waals surface area contributed by atoms with E-state index in [1.165, 1.54) is 0 Å². The summed E-state index contributed by atoms with van der Waals surface area (Å²) in [7, 11) is 0. The summed E-state index contributed by atoms with van der Waals surface area (Å²) in [5.74, 6) is 0. The average molecular weight is 292 g/mol. The van der Waals surface area contributed by atoms with Gasteiger partial charge in [-0.15, -0.1) is 0 Å². The Bertz CT molecular complexity index is 489. The molecule has 6 heteroatoms. The van der Waals surface area contributed by atoms with Crippen molar-refractivity contribution in [3.8, 4) is 0 Å². The smallest absolute Gasteiger partial charge is 0.319 e. The van der Waals surface area contributed by atoms with Crippen molar-refractivity contribution in [2.75, 3.05) is 10.6 Å². The summed E-state index contributed by atoms with van der Waals surface area (Å²) in [6, 6.07) is 6.48. The highest BCUT2D eigenvalue weighted by molar-refractivity contribution is 5.91. The Hall–Kier alpha value is -2.24. The van der Waals surface area contributed by atoms with Crippen molar-refractivity contribution >= 4 is 23.4 Å². The lowest BCUT2D eigenvalue weighted by molar-refractivity contribution is 0.243. The minimum absolute atomic E-state index is 0.0760. The fraction of sp³-hybridized carbons (Fsp3) is 0.467. The van der Waals surface area contributed by atoms with Crippen molar-refractivity contribution in [3.63, 3.8) is 0 Å². The fourth-order valence-corrected chi connectivity index (χ4v) is 1.57.